The topological polar surface area (TPSA) is 68.0 Å². The molecule has 0 aromatic carbocycles. The molecule has 1 aromatic rings. The summed E-state index contributed by atoms with van der Waals surface area (Å²) in [6.07, 6.45) is 7.14. The van der Waals surface area contributed by atoms with Crippen molar-refractivity contribution in [3.63, 3.8) is 0 Å². The Morgan fingerprint density at radius 1 is 1.47 bits per heavy atom. The number of halogens is 2. The van der Waals surface area contributed by atoms with Gasteiger partial charge in [0.2, 0.25) is 5.91 Å². The molecule has 0 unspecified atom stereocenters. The van der Waals surface area contributed by atoms with Gasteiger partial charge < -0.3 is 11.1 Å². The van der Waals surface area contributed by atoms with Crippen LogP contribution in [-0.4, -0.2) is 16.4 Å². The zero-order valence-electron chi connectivity index (χ0n) is 10.6. The van der Waals surface area contributed by atoms with E-state index in [1.807, 2.05) is 0 Å². The number of carbonyl (C=O) groups is 1. The van der Waals surface area contributed by atoms with Crippen LogP contribution in [0.3, 0.4) is 0 Å². The van der Waals surface area contributed by atoms with Crippen molar-refractivity contribution in [2.45, 2.75) is 44.1 Å². The minimum Gasteiger partial charge on any atom is -0.325 e. The average molecular weight is 347 g/mol. The molecule has 0 spiro atoms. The van der Waals surface area contributed by atoms with Crippen molar-refractivity contribution < 1.29 is 4.79 Å². The number of hydrogen-bond acceptors (Lipinski definition) is 3. The van der Waals surface area contributed by atoms with Gasteiger partial charge >= 0.3 is 0 Å². The van der Waals surface area contributed by atoms with E-state index >= 15 is 0 Å². The highest BCUT2D eigenvalue weighted by Crippen LogP contribution is 2.29. The van der Waals surface area contributed by atoms with Crippen molar-refractivity contribution in [1.29, 1.82) is 0 Å². The van der Waals surface area contributed by atoms with Crippen molar-refractivity contribution >= 4 is 39.1 Å². The van der Waals surface area contributed by atoms with E-state index in [4.69, 9.17) is 17.3 Å². The number of rotatable bonds is 3. The Morgan fingerprint density at radius 3 is 2.84 bits per heavy atom. The van der Waals surface area contributed by atoms with Crippen molar-refractivity contribution in [1.82, 2.24) is 4.98 Å². The first-order chi connectivity index (χ1) is 8.98. The molecule has 0 saturated heterocycles. The Balaban J connectivity index is 1.99. The largest absolute Gasteiger partial charge is 0.325 e. The van der Waals surface area contributed by atoms with Gasteiger partial charge in [0.25, 0.3) is 0 Å². The first-order valence-corrected chi connectivity index (χ1v) is 7.55. The van der Waals surface area contributed by atoms with Crippen LogP contribution in [0.4, 0.5) is 5.69 Å². The lowest BCUT2D eigenvalue weighted by atomic mass is 9.80. The minimum atomic E-state index is -0.367. The van der Waals surface area contributed by atoms with E-state index in [9.17, 15) is 4.79 Å². The van der Waals surface area contributed by atoms with E-state index in [1.165, 1.54) is 6.42 Å². The lowest BCUT2D eigenvalue weighted by Gasteiger charge is -2.32. The summed E-state index contributed by atoms with van der Waals surface area (Å²) in [5, 5.41) is 3.06. The fourth-order valence-corrected chi connectivity index (χ4v) is 2.94. The number of nitrogens with one attached hydrogen (secondary N) is 1. The minimum absolute atomic E-state index is 0.105. The summed E-state index contributed by atoms with van der Waals surface area (Å²) in [4.78, 5) is 16.0. The zero-order chi connectivity index (χ0) is 13.9. The van der Waals surface area contributed by atoms with Crippen molar-refractivity contribution in [3.8, 4) is 0 Å². The van der Waals surface area contributed by atoms with Gasteiger partial charge in [0.05, 0.1) is 5.69 Å². The quantitative estimate of drug-likeness (QED) is 0.823. The van der Waals surface area contributed by atoms with Gasteiger partial charge in [-0.2, -0.15) is 0 Å². The number of hydrogen-bond donors (Lipinski definition) is 2. The molecule has 1 aliphatic carbocycles. The van der Waals surface area contributed by atoms with Gasteiger partial charge in [-0.25, -0.2) is 4.98 Å². The molecule has 0 atom stereocenters. The average Bonchev–Trinajstić information content (AvgIpc) is 2.34. The second-order valence-electron chi connectivity index (χ2n) is 5.14. The molecule has 0 radical (unpaired) electrons. The van der Waals surface area contributed by atoms with Crippen LogP contribution in [0, 0.1) is 0 Å². The third-order valence-corrected chi connectivity index (χ3v) is 4.18. The third kappa shape index (κ3) is 4.16. The molecule has 2 rings (SSSR count). The first-order valence-electron chi connectivity index (χ1n) is 6.38. The number of anilines is 1. The normalized spacial score (nSPS) is 18.1. The molecule has 0 aliphatic heterocycles. The van der Waals surface area contributed by atoms with E-state index in [1.54, 1.807) is 12.3 Å². The summed E-state index contributed by atoms with van der Waals surface area (Å²) in [5.74, 6) is -0.105. The molecule has 1 amide bonds. The molecule has 1 heterocycles. The number of amides is 1. The molecular formula is C13H17BrClN3O. The van der Waals surface area contributed by atoms with Crippen LogP contribution in [0.5, 0.6) is 0 Å². The van der Waals surface area contributed by atoms with E-state index in [0.717, 1.165) is 30.2 Å². The van der Waals surface area contributed by atoms with E-state index < -0.39 is 0 Å². The highest BCUT2D eigenvalue weighted by Gasteiger charge is 2.30. The molecule has 104 valence electrons. The van der Waals surface area contributed by atoms with Crippen molar-refractivity contribution in [3.05, 3.63) is 21.9 Å². The maximum absolute atomic E-state index is 12.1. The van der Waals surface area contributed by atoms with E-state index in [-0.39, 0.29) is 16.6 Å². The molecule has 1 fully saturated rings. The molecular weight excluding hydrogens is 330 g/mol. The Bertz CT molecular complexity index is 475. The lowest BCUT2D eigenvalue weighted by Crippen LogP contribution is -2.44. The van der Waals surface area contributed by atoms with Gasteiger partial charge in [-0.3, -0.25) is 4.79 Å². The van der Waals surface area contributed by atoms with Gasteiger partial charge in [0.15, 0.2) is 5.15 Å². The molecule has 1 aliphatic rings. The van der Waals surface area contributed by atoms with Crippen LogP contribution < -0.4 is 11.1 Å². The van der Waals surface area contributed by atoms with E-state index in [0.29, 0.717) is 12.1 Å². The Kier molecular flexibility index (Phi) is 4.81. The van der Waals surface area contributed by atoms with Gasteiger partial charge in [0.1, 0.15) is 0 Å². The molecule has 1 saturated carbocycles. The fraction of sp³-hybridized carbons (Fsp3) is 0.538. The number of nitrogens with zero attached hydrogens (tertiary/aromatic N) is 1. The predicted octanol–water partition coefficient (Wildman–Crippen LogP) is 3.49. The molecule has 3 N–H and O–H groups in total. The zero-order valence-corrected chi connectivity index (χ0v) is 12.9. The monoisotopic (exact) mass is 345 g/mol. The van der Waals surface area contributed by atoms with Crippen LogP contribution in [0.25, 0.3) is 0 Å². The van der Waals surface area contributed by atoms with Crippen LogP contribution in [-0.2, 0) is 4.79 Å². The fourth-order valence-electron chi connectivity index (χ4n) is 2.46. The van der Waals surface area contributed by atoms with Crippen molar-refractivity contribution in [2.24, 2.45) is 5.73 Å². The maximum Gasteiger partial charge on any atom is 0.226 e. The molecule has 1 aromatic heterocycles. The van der Waals surface area contributed by atoms with Crippen LogP contribution in [0.15, 0.2) is 16.7 Å². The second-order valence-corrected chi connectivity index (χ2v) is 6.41. The highest BCUT2D eigenvalue weighted by molar-refractivity contribution is 9.10. The first kappa shape index (κ1) is 14.8. The molecule has 0 bridgehead atoms. The molecule has 19 heavy (non-hydrogen) atoms. The van der Waals surface area contributed by atoms with Gasteiger partial charge in [-0.1, -0.05) is 30.9 Å². The summed E-state index contributed by atoms with van der Waals surface area (Å²) in [6.45, 7) is 0. The number of aromatic nitrogens is 1. The summed E-state index contributed by atoms with van der Waals surface area (Å²) in [7, 11) is 0. The standard InChI is InChI=1S/C13H17BrClN3O/c14-9-6-10(12(15)17-8-9)18-11(19)7-13(16)4-2-1-3-5-13/h6,8H,1-5,7,16H2,(H,18,19). The number of pyridine rings is 1. The third-order valence-electron chi connectivity index (χ3n) is 3.44. The van der Waals surface area contributed by atoms with Crippen molar-refractivity contribution in [2.75, 3.05) is 5.32 Å². The predicted molar refractivity (Wildman–Crippen MR) is 80.2 cm³/mol. The van der Waals surface area contributed by atoms with Gasteiger partial charge in [0, 0.05) is 22.6 Å². The summed E-state index contributed by atoms with van der Waals surface area (Å²) < 4.78 is 0.771. The number of carbonyl (C=O) groups excluding carboxylic acids is 1. The van der Waals surface area contributed by atoms with Crippen LogP contribution in [0.1, 0.15) is 38.5 Å². The van der Waals surface area contributed by atoms with Gasteiger partial charge in [-0.15, -0.1) is 0 Å². The molecule has 4 nitrogen and oxygen atoms in total. The van der Waals surface area contributed by atoms with Crippen LogP contribution >= 0.6 is 27.5 Å². The molecule has 6 heteroatoms. The number of nitrogens with two attached hydrogens (primary N) is 1. The Hall–Kier alpha value is -0.650. The summed E-state index contributed by atoms with van der Waals surface area (Å²) in [5.41, 5.74) is 6.41. The van der Waals surface area contributed by atoms with E-state index in [2.05, 4.69) is 26.2 Å². The SMILES string of the molecule is NC1(CC(=O)Nc2cc(Br)cnc2Cl)CCCCC1. The Labute approximate surface area is 126 Å². The summed E-state index contributed by atoms with van der Waals surface area (Å²) >= 11 is 9.24. The smallest absolute Gasteiger partial charge is 0.226 e. The lowest BCUT2D eigenvalue weighted by molar-refractivity contribution is -0.117. The summed E-state index contributed by atoms with van der Waals surface area (Å²) in [6, 6.07) is 1.73. The van der Waals surface area contributed by atoms with Crippen LogP contribution in [0.2, 0.25) is 5.15 Å². The Morgan fingerprint density at radius 2 is 2.16 bits per heavy atom. The highest BCUT2D eigenvalue weighted by atomic mass is 79.9. The van der Waals surface area contributed by atoms with Gasteiger partial charge in [-0.05, 0) is 34.8 Å². The maximum atomic E-state index is 12.1. The second kappa shape index (κ2) is 6.20.